The van der Waals surface area contributed by atoms with Crippen LogP contribution in [0.15, 0.2) is 6.07 Å². The third kappa shape index (κ3) is 4.07. The molecule has 0 aromatic heterocycles. The van der Waals surface area contributed by atoms with Crippen LogP contribution in [-0.2, 0) is 0 Å². The molecular weight excluding hydrogens is 653 g/mol. The number of benzene rings is 4. The lowest BCUT2D eigenvalue weighted by atomic mass is 9.12. The van der Waals surface area contributed by atoms with E-state index in [1.54, 1.807) is 0 Å². The van der Waals surface area contributed by atoms with Crippen molar-refractivity contribution in [3.05, 3.63) is 116 Å². The fourth-order valence-electron chi connectivity index (χ4n) is 4.99. The number of halogens is 18. The number of hydrogen-bond donors (Lipinski definition) is 0. The van der Waals surface area contributed by atoms with Crippen molar-refractivity contribution in [1.29, 1.82) is 0 Å². The Bertz CT molecular complexity index is 1660. The highest BCUT2D eigenvalue weighted by molar-refractivity contribution is 7.20. The maximum Gasteiger partial charge on any atom is 0.200 e. The molecule has 0 heterocycles. The largest absolute Gasteiger partial charge is 0.210 e. The van der Waals surface area contributed by atoms with Crippen molar-refractivity contribution in [2.24, 2.45) is 0 Å². The molecule has 0 aliphatic rings. The maximum atomic E-state index is 15.6. The van der Waals surface area contributed by atoms with E-state index in [1.165, 1.54) is 0 Å². The summed E-state index contributed by atoms with van der Waals surface area (Å²) in [5.74, 6) is -58.1. The molecular formula is C25H4BF18-. The van der Waals surface area contributed by atoms with E-state index in [-0.39, 0.29) is 6.92 Å². The fourth-order valence-corrected chi connectivity index (χ4v) is 4.99. The zero-order chi connectivity index (χ0) is 33.5. The first kappa shape index (κ1) is 32.6. The van der Waals surface area contributed by atoms with Crippen molar-refractivity contribution in [3.8, 4) is 0 Å². The smallest absolute Gasteiger partial charge is 0.200 e. The molecule has 0 bridgehead atoms. The first-order chi connectivity index (χ1) is 20.3. The van der Waals surface area contributed by atoms with E-state index in [1.807, 2.05) is 0 Å². The second-order valence-electron chi connectivity index (χ2n) is 9.01. The Labute approximate surface area is 231 Å². The standard InChI is InChI=1S/C25H4BF18/c1-3-10(29)14(33)7(15(34)11(3)30)26(6-4(27)2-5(28)12(31)13(6)32,8-16(35)20(39)24(43)21(40)17(8)36)9-18(37)22(41)25(44)23(42)19(9)38/h2H,1H3/q-1. The van der Waals surface area contributed by atoms with Gasteiger partial charge in [-0.1, -0.05) is 0 Å². The molecule has 234 valence electrons. The molecule has 0 aliphatic heterocycles. The highest BCUT2D eigenvalue weighted by Gasteiger charge is 2.51. The normalized spacial score (nSPS) is 12.0. The topological polar surface area (TPSA) is 0 Å². The number of rotatable bonds is 4. The first-order valence-electron chi connectivity index (χ1n) is 11.1. The van der Waals surface area contributed by atoms with Crippen LogP contribution in [0, 0.1) is 112 Å². The molecule has 44 heavy (non-hydrogen) atoms. The van der Waals surface area contributed by atoms with Crippen LogP contribution in [0.25, 0.3) is 0 Å². The molecule has 0 aliphatic carbocycles. The Morgan fingerprint density at radius 1 is 0.295 bits per heavy atom. The molecule has 0 fully saturated rings. The van der Waals surface area contributed by atoms with Crippen LogP contribution in [0.1, 0.15) is 5.56 Å². The molecule has 4 aromatic carbocycles. The van der Waals surface area contributed by atoms with Crippen LogP contribution < -0.4 is 21.9 Å². The summed E-state index contributed by atoms with van der Waals surface area (Å²) in [6, 6.07) is -0.918. The molecule has 0 saturated carbocycles. The third-order valence-corrected chi connectivity index (χ3v) is 6.89. The van der Waals surface area contributed by atoms with Gasteiger partial charge in [0.2, 0.25) is 0 Å². The molecule has 19 heteroatoms. The summed E-state index contributed by atoms with van der Waals surface area (Å²) in [7, 11) is 0. The lowest BCUT2D eigenvalue weighted by molar-refractivity contribution is 0.381. The highest BCUT2D eigenvalue weighted by atomic mass is 19.2. The van der Waals surface area contributed by atoms with Gasteiger partial charge in [0.1, 0.15) is 46.9 Å². The van der Waals surface area contributed by atoms with E-state index in [9.17, 15) is 43.9 Å². The van der Waals surface area contributed by atoms with Crippen LogP contribution in [0.5, 0.6) is 0 Å². The molecule has 0 amide bonds. The summed E-state index contributed by atoms with van der Waals surface area (Å²) in [6.45, 7) is 0.199. The quantitative estimate of drug-likeness (QED) is 0.112. The summed E-state index contributed by atoms with van der Waals surface area (Å²) in [5.41, 5.74) is -14.6. The summed E-state index contributed by atoms with van der Waals surface area (Å²) < 4.78 is 268. The summed E-state index contributed by atoms with van der Waals surface area (Å²) in [5, 5.41) is 0. The van der Waals surface area contributed by atoms with Crippen LogP contribution >= 0.6 is 0 Å². The molecule has 4 aromatic rings. The fraction of sp³-hybridized carbons (Fsp3) is 0.0400. The Balaban J connectivity index is 2.66. The van der Waals surface area contributed by atoms with Crippen molar-refractivity contribution in [1.82, 2.24) is 0 Å². The zero-order valence-electron chi connectivity index (χ0n) is 20.5. The predicted molar refractivity (Wildman–Crippen MR) is 114 cm³/mol. The minimum absolute atomic E-state index is 0.199. The Morgan fingerprint density at radius 2 is 0.545 bits per heavy atom. The zero-order valence-corrected chi connectivity index (χ0v) is 20.5. The number of hydrogen-bond acceptors (Lipinski definition) is 0. The van der Waals surface area contributed by atoms with Crippen molar-refractivity contribution >= 4 is 28.0 Å². The van der Waals surface area contributed by atoms with Gasteiger partial charge in [-0.15, -0.1) is 21.9 Å². The van der Waals surface area contributed by atoms with Crippen LogP contribution in [-0.4, -0.2) is 6.15 Å². The van der Waals surface area contributed by atoms with E-state index in [4.69, 9.17) is 0 Å². The van der Waals surface area contributed by atoms with Crippen LogP contribution in [0.3, 0.4) is 0 Å². The summed E-state index contributed by atoms with van der Waals surface area (Å²) >= 11 is 0. The monoisotopic (exact) mass is 657 g/mol. The molecule has 0 N–H and O–H groups in total. The molecule has 0 atom stereocenters. The minimum Gasteiger partial charge on any atom is -0.210 e. The first-order valence-corrected chi connectivity index (χ1v) is 11.1. The van der Waals surface area contributed by atoms with E-state index >= 15 is 35.1 Å². The van der Waals surface area contributed by atoms with E-state index in [0.29, 0.717) is 0 Å². The lowest BCUT2D eigenvalue weighted by Gasteiger charge is -2.45. The second-order valence-corrected chi connectivity index (χ2v) is 9.01. The molecule has 4 rings (SSSR count). The van der Waals surface area contributed by atoms with Crippen LogP contribution in [0.2, 0.25) is 0 Å². The molecule has 0 saturated heterocycles. The van der Waals surface area contributed by atoms with Gasteiger partial charge in [0.15, 0.2) is 58.2 Å². The van der Waals surface area contributed by atoms with Gasteiger partial charge in [-0.2, -0.15) is 0 Å². The second kappa shape index (κ2) is 10.7. The van der Waals surface area contributed by atoms with Gasteiger partial charge in [-0.25, -0.2) is 79.0 Å². The van der Waals surface area contributed by atoms with Crippen molar-refractivity contribution < 1.29 is 79.0 Å². The van der Waals surface area contributed by atoms with Crippen molar-refractivity contribution in [2.75, 3.05) is 0 Å². The van der Waals surface area contributed by atoms with Gasteiger partial charge < -0.3 is 0 Å². The van der Waals surface area contributed by atoms with Gasteiger partial charge in [-0.05, 0) is 6.92 Å². The van der Waals surface area contributed by atoms with E-state index in [0.717, 1.165) is 0 Å². The molecule has 0 unspecified atom stereocenters. The maximum absolute atomic E-state index is 15.6. The Morgan fingerprint density at radius 3 is 0.864 bits per heavy atom. The SMILES string of the molecule is Cc1c(F)c(F)c([B-](c2c(F)cc(F)c(F)c2F)(c2c(F)c(F)c(F)c(F)c2F)c2c(F)c(F)c(F)c(F)c2F)c(F)c1F. The van der Waals surface area contributed by atoms with Gasteiger partial charge >= 0.3 is 0 Å². The average Bonchev–Trinajstić information content (AvgIpc) is 2.97. The van der Waals surface area contributed by atoms with Gasteiger partial charge in [-0.3, -0.25) is 0 Å². The van der Waals surface area contributed by atoms with Crippen LogP contribution in [0.4, 0.5) is 79.0 Å². The average molecular weight is 657 g/mol. The molecule has 0 nitrogen and oxygen atoms in total. The van der Waals surface area contributed by atoms with E-state index in [2.05, 4.69) is 0 Å². The van der Waals surface area contributed by atoms with E-state index < -0.39 is 144 Å². The Kier molecular flexibility index (Phi) is 7.92. The van der Waals surface area contributed by atoms with Gasteiger partial charge in [0.25, 0.3) is 0 Å². The molecule has 0 spiro atoms. The van der Waals surface area contributed by atoms with Gasteiger partial charge in [0, 0.05) is 11.6 Å². The Hall–Kier alpha value is -4.32. The molecule has 0 radical (unpaired) electrons. The minimum atomic E-state index is -6.79. The highest BCUT2D eigenvalue weighted by Crippen LogP contribution is 2.30. The third-order valence-electron chi connectivity index (χ3n) is 6.89. The lowest BCUT2D eigenvalue weighted by Crippen LogP contribution is -2.81. The van der Waals surface area contributed by atoms with Crippen molar-refractivity contribution in [3.63, 3.8) is 0 Å². The summed E-state index contributed by atoms with van der Waals surface area (Å²) in [6.07, 6.45) is -6.79. The summed E-state index contributed by atoms with van der Waals surface area (Å²) in [4.78, 5) is 0. The predicted octanol–water partition coefficient (Wildman–Crippen LogP) is 5.88. The van der Waals surface area contributed by atoms with Gasteiger partial charge in [0.05, 0.1) is 5.82 Å². The van der Waals surface area contributed by atoms with Crippen molar-refractivity contribution in [2.45, 2.75) is 6.92 Å².